The van der Waals surface area contributed by atoms with Gasteiger partial charge in [-0.2, -0.15) is 0 Å². The topological polar surface area (TPSA) is 88.5 Å². The van der Waals surface area contributed by atoms with Crippen molar-refractivity contribution in [2.45, 2.75) is 31.1 Å². The van der Waals surface area contributed by atoms with Crippen LogP contribution in [0.3, 0.4) is 0 Å². The van der Waals surface area contributed by atoms with E-state index in [0.29, 0.717) is 30.5 Å². The predicted molar refractivity (Wildman–Crippen MR) is 99.0 cm³/mol. The van der Waals surface area contributed by atoms with Gasteiger partial charge >= 0.3 is 0 Å². The lowest BCUT2D eigenvalue weighted by atomic mass is 10.1. The first-order valence-corrected chi connectivity index (χ1v) is 9.22. The van der Waals surface area contributed by atoms with Gasteiger partial charge in [0.15, 0.2) is 0 Å². The monoisotopic (exact) mass is 372 g/mol. The number of benzene rings is 1. The summed E-state index contributed by atoms with van der Waals surface area (Å²) < 4.78 is 5.71. The van der Waals surface area contributed by atoms with Crippen molar-refractivity contribution in [3.63, 3.8) is 0 Å². The Labute approximate surface area is 156 Å². The zero-order valence-electron chi connectivity index (χ0n) is 14.4. The number of amides is 2. The molecule has 1 aromatic heterocycles. The number of pyridine rings is 1. The maximum absolute atomic E-state index is 11.7. The fourth-order valence-corrected chi connectivity index (χ4v) is 3.43. The van der Waals surface area contributed by atoms with Gasteiger partial charge in [-0.1, -0.05) is 25.1 Å². The number of rotatable bonds is 7. The van der Waals surface area contributed by atoms with E-state index in [1.807, 2.05) is 12.3 Å². The van der Waals surface area contributed by atoms with E-state index in [1.165, 1.54) is 5.56 Å². The summed E-state index contributed by atoms with van der Waals surface area (Å²) in [6.07, 6.45) is 3.63. The summed E-state index contributed by atoms with van der Waals surface area (Å²) in [5, 5.41) is 11.8. The molecule has 1 fully saturated rings. The van der Waals surface area contributed by atoms with Crippen LogP contribution in [-0.2, 0) is 24.1 Å². The minimum absolute atomic E-state index is 0.0587. The van der Waals surface area contributed by atoms with Crippen LogP contribution >= 0.6 is 11.8 Å². The van der Waals surface area contributed by atoms with Gasteiger partial charge in [-0.3, -0.25) is 19.9 Å². The number of aryl methyl sites for hydroxylation is 1. The molecule has 7 heteroatoms. The van der Waals surface area contributed by atoms with Gasteiger partial charge in [0.05, 0.1) is 6.61 Å². The first kappa shape index (κ1) is 18.4. The molecule has 2 aromatic rings. The summed E-state index contributed by atoms with van der Waals surface area (Å²) in [6.45, 7) is 2.60. The summed E-state index contributed by atoms with van der Waals surface area (Å²) in [5.74, 6) is 0.0277. The van der Waals surface area contributed by atoms with Gasteiger partial charge in [-0.15, -0.1) is 0 Å². The molecule has 2 N–H and O–H groups in total. The number of carbonyl (C=O) groups is 2. The highest BCUT2D eigenvalue weighted by atomic mass is 32.2. The highest BCUT2D eigenvalue weighted by molar-refractivity contribution is 8.15. The molecule has 1 unspecified atom stereocenters. The first-order valence-electron chi connectivity index (χ1n) is 8.41. The van der Waals surface area contributed by atoms with Gasteiger partial charge in [0.25, 0.3) is 11.1 Å². The highest BCUT2D eigenvalue weighted by Gasteiger charge is 2.46. The van der Waals surface area contributed by atoms with Crippen LogP contribution in [0.5, 0.6) is 5.75 Å². The molecule has 2 amide bonds. The van der Waals surface area contributed by atoms with Crippen LogP contribution in [0.15, 0.2) is 42.6 Å². The summed E-state index contributed by atoms with van der Waals surface area (Å²) in [4.78, 5) is 25.5. The third kappa shape index (κ3) is 4.42. The minimum Gasteiger partial charge on any atom is -0.493 e. The maximum Gasteiger partial charge on any atom is 0.289 e. The quantitative estimate of drug-likeness (QED) is 0.776. The van der Waals surface area contributed by atoms with E-state index < -0.39 is 16.1 Å². The minimum atomic E-state index is -1.74. The number of carbonyl (C=O) groups excluding carboxylic acids is 2. The second kappa shape index (κ2) is 7.88. The molecule has 0 aliphatic carbocycles. The van der Waals surface area contributed by atoms with Crippen LogP contribution < -0.4 is 10.1 Å². The summed E-state index contributed by atoms with van der Waals surface area (Å²) >= 11 is 0.607. The van der Waals surface area contributed by atoms with E-state index in [-0.39, 0.29) is 6.42 Å². The molecule has 1 aliphatic rings. The lowest BCUT2D eigenvalue weighted by Gasteiger charge is -2.17. The van der Waals surface area contributed by atoms with E-state index in [2.05, 4.69) is 23.3 Å². The van der Waals surface area contributed by atoms with Crippen molar-refractivity contribution in [1.29, 1.82) is 0 Å². The maximum atomic E-state index is 11.7. The summed E-state index contributed by atoms with van der Waals surface area (Å²) in [5.41, 5.74) is 2.94. The number of thioether (sulfide) groups is 1. The molecular weight excluding hydrogens is 352 g/mol. The zero-order chi connectivity index (χ0) is 18.6. The average molecular weight is 372 g/mol. The van der Waals surface area contributed by atoms with Crippen molar-refractivity contribution in [2.24, 2.45) is 0 Å². The van der Waals surface area contributed by atoms with Gasteiger partial charge in [0, 0.05) is 24.7 Å². The Kier molecular flexibility index (Phi) is 5.58. The lowest BCUT2D eigenvalue weighted by molar-refractivity contribution is -0.129. The third-order valence-corrected chi connectivity index (χ3v) is 5.08. The molecule has 1 aliphatic heterocycles. The first-order chi connectivity index (χ1) is 12.5. The van der Waals surface area contributed by atoms with Crippen molar-refractivity contribution in [3.05, 3.63) is 59.4 Å². The van der Waals surface area contributed by atoms with Crippen molar-refractivity contribution >= 4 is 22.9 Å². The number of nitrogens with zero attached hydrogens (tertiary/aromatic N) is 1. The van der Waals surface area contributed by atoms with Gasteiger partial charge in [0.2, 0.25) is 4.93 Å². The fourth-order valence-electron chi connectivity index (χ4n) is 2.60. The Bertz CT molecular complexity index is 792. The standard InChI is InChI=1S/C19H20N2O4S/c1-2-13-3-6-15(20-12-13)9-10-25-16-7-4-14(5-8-16)11-19(24)17(22)21-18(23)26-19/h3-8,12,24H,2,9-11H2,1H3,(H,21,22,23). The normalized spacial score (nSPS) is 19.5. The Morgan fingerprint density at radius 1 is 1.15 bits per heavy atom. The molecule has 0 spiro atoms. The smallest absolute Gasteiger partial charge is 0.289 e. The van der Waals surface area contributed by atoms with Crippen molar-refractivity contribution in [1.82, 2.24) is 10.3 Å². The second-order valence-electron chi connectivity index (χ2n) is 6.06. The van der Waals surface area contributed by atoms with Gasteiger partial charge in [-0.25, -0.2) is 0 Å². The number of aromatic nitrogens is 1. The molecule has 136 valence electrons. The lowest BCUT2D eigenvalue weighted by Crippen LogP contribution is -2.38. The Morgan fingerprint density at radius 3 is 2.46 bits per heavy atom. The molecule has 6 nitrogen and oxygen atoms in total. The van der Waals surface area contributed by atoms with Crippen LogP contribution in [-0.4, -0.2) is 32.8 Å². The van der Waals surface area contributed by atoms with Gasteiger partial charge in [0.1, 0.15) is 5.75 Å². The highest BCUT2D eigenvalue weighted by Crippen LogP contribution is 2.32. The molecule has 2 heterocycles. The van der Waals surface area contributed by atoms with Crippen LogP contribution in [0.1, 0.15) is 23.7 Å². The number of hydrogen-bond acceptors (Lipinski definition) is 6. The summed E-state index contributed by atoms with van der Waals surface area (Å²) in [6, 6.07) is 11.2. The van der Waals surface area contributed by atoms with Crippen LogP contribution in [0, 0.1) is 0 Å². The molecule has 0 bridgehead atoms. The molecule has 26 heavy (non-hydrogen) atoms. The van der Waals surface area contributed by atoms with Crippen molar-refractivity contribution in [3.8, 4) is 5.75 Å². The molecule has 3 rings (SSSR count). The molecule has 1 saturated heterocycles. The molecule has 0 saturated carbocycles. The van der Waals surface area contributed by atoms with E-state index in [1.54, 1.807) is 24.3 Å². The number of nitrogens with one attached hydrogen (secondary N) is 1. The average Bonchev–Trinajstić information content (AvgIpc) is 2.88. The molecule has 1 aromatic carbocycles. The van der Waals surface area contributed by atoms with E-state index in [9.17, 15) is 14.7 Å². The van der Waals surface area contributed by atoms with E-state index in [4.69, 9.17) is 4.74 Å². The SMILES string of the molecule is CCc1ccc(CCOc2ccc(CC3(O)SC(=O)NC3=O)cc2)nc1. The number of hydrogen-bond donors (Lipinski definition) is 2. The van der Waals surface area contributed by atoms with Crippen LogP contribution in [0.4, 0.5) is 4.79 Å². The largest absolute Gasteiger partial charge is 0.493 e. The van der Waals surface area contributed by atoms with Gasteiger partial charge in [-0.05, 0) is 47.5 Å². The Hall–Kier alpha value is -2.38. The van der Waals surface area contributed by atoms with Crippen molar-refractivity contribution < 1.29 is 19.4 Å². The summed E-state index contributed by atoms with van der Waals surface area (Å²) in [7, 11) is 0. The number of aliphatic hydroxyl groups is 1. The zero-order valence-corrected chi connectivity index (χ0v) is 15.2. The third-order valence-electron chi connectivity index (χ3n) is 4.12. The molecular formula is C19H20N2O4S. The Balaban J connectivity index is 1.51. The predicted octanol–water partition coefficient (Wildman–Crippen LogP) is 2.48. The second-order valence-corrected chi connectivity index (χ2v) is 7.31. The van der Waals surface area contributed by atoms with E-state index >= 15 is 0 Å². The Morgan fingerprint density at radius 2 is 1.88 bits per heavy atom. The van der Waals surface area contributed by atoms with Gasteiger partial charge < -0.3 is 9.84 Å². The molecule has 1 atom stereocenters. The fraction of sp³-hybridized carbons (Fsp3) is 0.316. The van der Waals surface area contributed by atoms with Crippen molar-refractivity contribution in [2.75, 3.05) is 6.61 Å². The number of imide groups is 1. The van der Waals surface area contributed by atoms with E-state index in [0.717, 1.165) is 17.7 Å². The van der Waals surface area contributed by atoms with Crippen LogP contribution in [0.25, 0.3) is 0 Å². The van der Waals surface area contributed by atoms with Crippen LogP contribution in [0.2, 0.25) is 0 Å². The number of ether oxygens (including phenoxy) is 1. The molecule has 0 radical (unpaired) electrons.